The van der Waals surface area contributed by atoms with Crippen LogP contribution in [0.5, 0.6) is 5.75 Å². The van der Waals surface area contributed by atoms with E-state index < -0.39 is 5.54 Å². The number of nitrogens with two attached hydrogens (primary N) is 1. The Morgan fingerprint density at radius 1 is 1.20 bits per heavy atom. The maximum Gasteiger partial charge on any atom is 0.149 e. The predicted molar refractivity (Wildman–Crippen MR) is 102 cm³/mol. The number of aliphatic hydroxyl groups is 1. The zero-order valence-electron chi connectivity index (χ0n) is 15.6. The van der Waals surface area contributed by atoms with Crippen molar-refractivity contribution >= 4 is 0 Å². The first-order valence-electron chi connectivity index (χ1n) is 8.56. The molecule has 0 unspecified atom stereocenters. The molecule has 0 spiro atoms. The van der Waals surface area contributed by atoms with Gasteiger partial charge in [0.1, 0.15) is 12.4 Å². The minimum Gasteiger partial charge on any atom is -0.481 e. The van der Waals surface area contributed by atoms with Gasteiger partial charge < -0.3 is 20.1 Å². The van der Waals surface area contributed by atoms with Crippen LogP contribution in [-0.4, -0.2) is 28.4 Å². The van der Waals surface area contributed by atoms with Gasteiger partial charge in [0.25, 0.3) is 0 Å². The molecule has 1 atom stereocenters. The van der Waals surface area contributed by atoms with E-state index in [9.17, 15) is 5.11 Å². The molecule has 0 aliphatic heterocycles. The lowest BCUT2D eigenvalue weighted by atomic mass is 9.97. The number of nitrogens with zero attached hydrogens (tertiary/aromatic N) is 1. The number of hydrogen-bond acceptors (Lipinski definition) is 3. The summed E-state index contributed by atoms with van der Waals surface area (Å²) in [6.45, 7) is 6.36. The van der Waals surface area contributed by atoms with E-state index in [0.717, 1.165) is 30.0 Å². The van der Waals surface area contributed by atoms with E-state index in [2.05, 4.69) is 42.4 Å². The lowest BCUT2D eigenvalue weighted by Crippen LogP contribution is -2.40. The molecule has 3 N–H and O–H groups in total. The highest BCUT2D eigenvalue weighted by Crippen LogP contribution is 2.16. The number of aliphatic hydroxyl groups excluding tert-OH is 1. The van der Waals surface area contributed by atoms with E-state index in [4.69, 9.17) is 10.5 Å². The summed E-state index contributed by atoms with van der Waals surface area (Å²) in [6, 6.07) is 10.1. The molecule has 25 heavy (non-hydrogen) atoms. The van der Waals surface area contributed by atoms with Gasteiger partial charge in [0.05, 0.1) is 12.3 Å². The monoisotopic (exact) mass is 340 g/mol. The van der Waals surface area contributed by atoms with Crippen molar-refractivity contribution in [3.8, 4) is 17.6 Å². The number of rotatable bonds is 6. The summed E-state index contributed by atoms with van der Waals surface area (Å²) in [6.07, 6.45) is 1.54. The van der Waals surface area contributed by atoms with Crippen molar-refractivity contribution in [3.63, 3.8) is 0 Å². The van der Waals surface area contributed by atoms with Gasteiger partial charge in [0, 0.05) is 18.3 Å². The highest BCUT2D eigenvalue weighted by atomic mass is 16.5. The molecule has 0 aliphatic carbocycles. The second-order valence-electron chi connectivity index (χ2n) is 6.92. The summed E-state index contributed by atoms with van der Waals surface area (Å²) in [5, 5.41) is 9.25. The maximum atomic E-state index is 9.25. The van der Waals surface area contributed by atoms with Crippen molar-refractivity contribution < 1.29 is 9.84 Å². The van der Waals surface area contributed by atoms with Gasteiger partial charge in [-0.3, -0.25) is 0 Å². The number of ether oxygens (including phenoxy) is 1. The Morgan fingerprint density at radius 3 is 2.64 bits per heavy atom. The summed E-state index contributed by atoms with van der Waals surface area (Å²) in [7, 11) is 2.00. The van der Waals surface area contributed by atoms with Crippen molar-refractivity contribution in [3.05, 3.63) is 52.8 Å². The quantitative estimate of drug-likeness (QED) is 0.795. The molecule has 1 aromatic heterocycles. The van der Waals surface area contributed by atoms with Crippen LogP contribution in [0.3, 0.4) is 0 Å². The molecule has 0 bridgehead atoms. The molecule has 0 saturated carbocycles. The summed E-state index contributed by atoms with van der Waals surface area (Å²) < 4.78 is 7.76. The number of hydrogen-bond donors (Lipinski definition) is 2. The van der Waals surface area contributed by atoms with Gasteiger partial charge in [-0.15, -0.1) is 0 Å². The maximum absolute atomic E-state index is 9.25. The van der Waals surface area contributed by atoms with Crippen molar-refractivity contribution in [2.45, 2.75) is 39.2 Å². The molecule has 0 saturated heterocycles. The molecule has 4 nitrogen and oxygen atoms in total. The van der Waals surface area contributed by atoms with Crippen LogP contribution in [0, 0.1) is 25.7 Å². The van der Waals surface area contributed by atoms with Crippen LogP contribution in [0.25, 0.3) is 0 Å². The molecular formula is C21H28N2O2. The minimum atomic E-state index is -0.546. The summed E-state index contributed by atoms with van der Waals surface area (Å²) >= 11 is 0. The summed E-state index contributed by atoms with van der Waals surface area (Å²) in [5.74, 6) is 7.06. The van der Waals surface area contributed by atoms with Crippen molar-refractivity contribution in [1.29, 1.82) is 0 Å². The zero-order chi connectivity index (χ0) is 18.4. The Morgan fingerprint density at radius 2 is 1.96 bits per heavy atom. The fraction of sp³-hybridized carbons (Fsp3) is 0.429. The minimum absolute atomic E-state index is 0.0140. The Hall–Kier alpha value is -2.22. The molecular weight excluding hydrogens is 312 g/mol. The van der Waals surface area contributed by atoms with Gasteiger partial charge in [-0.1, -0.05) is 12.0 Å². The molecule has 0 fully saturated rings. The molecule has 0 amide bonds. The highest BCUT2D eigenvalue weighted by molar-refractivity contribution is 5.35. The van der Waals surface area contributed by atoms with E-state index in [-0.39, 0.29) is 6.61 Å². The van der Waals surface area contributed by atoms with Crippen LogP contribution in [0.2, 0.25) is 0 Å². The number of aromatic nitrogens is 1. The van der Waals surface area contributed by atoms with Crippen molar-refractivity contribution in [2.24, 2.45) is 12.8 Å². The van der Waals surface area contributed by atoms with Crippen LogP contribution < -0.4 is 10.5 Å². The molecule has 4 heteroatoms. The zero-order valence-corrected chi connectivity index (χ0v) is 15.6. The molecule has 0 radical (unpaired) electrons. The average molecular weight is 340 g/mol. The molecule has 0 aliphatic rings. The SMILES string of the molecule is Cc1ccc(OCC#Cc2ccc(CC[C@@](C)(N)CO)n2C)cc1C. The fourth-order valence-corrected chi connectivity index (χ4v) is 2.47. The van der Waals surface area contributed by atoms with Crippen LogP contribution in [0.1, 0.15) is 35.9 Å². The van der Waals surface area contributed by atoms with Gasteiger partial charge in [-0.25, -0.2) is 0 Å². The molecule has 2 rings (SSSR count). The summed E-state index contributed by atoms with van der Waals surface area (Å²) in [5.41, 5.74) is 10.0. The Balaban J connectivity index is 1.93. The first kappa shape index (κ1) is 19.1. The number of aryl methyl sites for hydroxylation is 3. The average Bonchev–Trinajstić information content (AvgIpc) is 2.93. The lowest BCUT2D eigenvalue weighted by molar-refractivity contribution is 0.200. The van der Waals surface area contributed by atoms with E-state index in [1.54, 1.807) is 0 Å². The Bertz CT molecular complexity index is 779. The molecule has 134 valence electrons. The second-order valence-corrected chi connectivity index (χ2v) is 6.92. The lowest BCUT2D eigenvalue weighted by Gasteiger charge is -2.21. The van der Waals surface area contributed by atoms with Gasteiger partial charge >= 0.3 is 0 Å². The third kappa shape index (κ3) is 5.38. The smallest absolute Gasteiger partial charge is 0.149 e. The largest absolute Gasteiger partial charge is 0.481 e. The van der Waals surface area contributed by atoms with E-state index >= 15 is 0 Å². The molecule has 1 heterocycles. The Labute approximate surface area is 150 Å². The Kier molecular flexibility index (Phi) is 6.30. The van der Waals surface area contributed by atoms with Gasteiger partial charge in [-0.05, 0) is 74.9 Å². The normalized spacial score (nSPS) is 13.0. The fourth-order valence-electron chi connectivity index (χ4n) is 2.47. The summed E-state index contributed by atoms with van der Waals surface area (Å²) in [4.78, 5) is 0. The van der Waals surface area contributed by atoms with Gasteiger partial charge in [0.2, 0.25) is 0 Å². The molecule has 1 aromatic carbocycles. The standard InChI is InChI=1S/C21H28N2O2/c1-16-7-10-20(14-17(16)2)25-13-5-6-18-8-9-19(23(18)4)11-12-21(3,22)15-24/h7-10,14,24H,11-13,15,22H2,1-4H3/t21-/m1/s1. The van der Waals surface area contributed by atoms with Crippen LogP contribution in [0.4, 0.5) is 0 Å². The van der Waals surface area contributed by atoms with Gasteiger partial charge in [-0.2, -0.15) is 0 Å². The number of benzene rings is 1. The van der Waals surface area contributed by atoms with Crippen molar-refractivity contribution in [1.82, 2.24) is 4.57 Å². The van der Waals surface area contributed by atoms with E-state index in [1.165, 1.54) is 11.1 Å². The molecule has 2 aromatic rings. The van der Waals surface area contributed by atoms with Crippen LogP contribution >= 0.6 is 0 Å². The van der Waals surface area contributed by atoms with Crippen molar-refractivity contribution in [2.75, 3.05) is 13.2 Å². The first-order valence-corrected chi connectivity index (χ1v) is 8.56. The van der Waals surface area contributed by atoms with Gasteiger partial charge in [0.15, 0.2) is 0 Å². The first-order chi connectivity index (χ1) is 11.8. The van der Waals surface area contributed by atoms with E-state index in [1.807, 2.05) is 32.2 Å². The third-order valence-corrected chi connectivity index (χ3v) is 4.55. The third-order valence-electron chi connectivity index (χ3n) is 4.55. The van der Waals surface area contributed by atoms with E-state index in [0.29, 0.717) is 6.61 Å². The topological polar surface area (TPSA) is 60.4 Å². The van der Waals surface area contributed by atoms with Crippen LogP contribution in [-0.2, 0) is 13.5 Å². The second kappa shape index (κ2) is 8.24. The highest BCUT2D eigenvalue weighted by Gasteiger charge is 2.17. The predicted octanol–water partition coefficient (Wildman–Crippen LogP) is 2.71. The van der Waals surface area contributed by atoms with Crippen LogP contribution in [0.15, 0.2) is 30.3 Å².